The molecule has 0 heterocycles. The van der Waals surface area contributed by atoms with Crippen molar-refractivity contribution in [3.8, 4) is 0 Å². The van der Waals surface area contributed by atoms with Gasteiger partial charge in [-0.1, -0.05) is 0 Å². The van der Waals surface area contributed by atoms with Crippen molar-refractivity contribution in [3.63, 3.8) is 0 Å². The molecule has 1 amide bonds. The molecule has 0 saturated carbocycles. The summed E-state index contributed by atoms with van der Waals surface area (Å²) in [6.07, 6.45) is 2.20. The number of unbranched alkanes of at least 4 members (excludes halogenated alkanes) is 1. The minimum Gasteiger partial charge on any atom is -0.396 e. The predicted molar refractivity (Wildman–Crippen MR) is 112 cm³/mol. The summed E-state index contributed by atoms with van der Waals surface area (Å²) in [5.41, 5.74) is 7.85. The predicted octanol–water partition coefficient (Wildman–Crippen LogP) is 1.05. The van der Waals surface area contributed by atoms with E-state index in [0.717, 1.165) is 12.8 Å². The van der Waals surface area contributed by atoms with Crippen LogP contribution in [0.15, 0.2) is 5.70 Å². The molecule has 0 radical (unpaired) electrons. The van der Waals surface area contributed by atoms with Gasteiger partial charge < -0.3 is 16.2 Å². The summed E-state index contributed by atoms with van der Waals surface area (Å²) in [5.74, 6) is 1.62. The maximum Gasteiger partial charge on any atom is 0.237 e. The molecule has 0 saturated heterocycles. The molecule has 9 heteroatoms. The maximum absolute atomic E-state index is 11.7. The summed E-state index contributed by atoms with van der Waals surface area (Å²) in [6, 6.07) is -0.683. The van der Waals surface area contributed by atoms with Gasteiger partial charge in [-0.2, -0.15) is 5.06 Å². The Morgan fingerprint density at radius 3 is 2.31 bits per heavy atom. The summed E-state index contributed by atoms with van der Waals surface area (Å²) in [5, 5.41) is 13.4. The summed E-state index contributed by atoms with van der Waals surface area (Å²) < 4.78 is 0. The van der Waals surface area contributed by atoms with Gasteiger partial charge in [-0.15, -0.1) is 0 Å². The molecule has 5 N–H and O–H groups in total. The van der Waals surface area contributed by atoms with E-state index in [4.69, 9.17) is 20.5 Å². The van der Waals surface area contributed by atoms with Crippen LogP contribution in [0, 0.1) is 0 Å². The van der Waals surface area contributed by atoms with Crippen LogP contribution >= 0.6 is 0 Å². The SMILES string of the molecule is CC(C)(C)ONC(=C=O)CCN(CCCCNC(=O)C(N)CCO)OC(C)(C)C. The Hall–Kier alpha value is -1.48. The summed E-state index contributed by atoms with van der Waals surface area (Å²) in [4.78, 5) is 34.2. The first-order valence-corrected chi connectivity index (χ1v) is 10.1. The minimum absolute atomic E-state index is 0.111. The molecule has 1 unspecified atom stereocenters. The number of hydrogen-bond donors (Lipinski definition) is 4. The zero-order chi connectivity index (χ0) is 22.5. The Kier molecular flexibility index (Phi) is 13.0. The lowest BCUT2D eigenvalue weighted by atomic mass is 10.2. The average molecular weight is 417 g/mol. The topological polar surface area (TPSA) is 126 Å². The largest absolute Gasteiger partial charge is 0.396 e. The van der Waals surface area contributed by atoms with Gasteiger partial charge in [-0.25, -0.2) is 4.79 Å². The van der Waals surface area contributed by atoms with E-state index in [9.17, 15) is 9.59 Å². The van der Waals surface area contributed by atoms with Crippen LogP contribution in [0.2, 0.25) is 0 Å². The fourth-order valence-corrected chi connectivity index (χ4v) is 2.19. The highest BCUT2D eigenvalue weighted by atomic mass is 16.7. The number of aliphatic hydroxyl groups is 1. The van der Waals surface area contributed by atoms with Crippen molar-refractivity contribution in [2.24, 2.45) is 5.73 Å². The Balaban J connectivity index is 4.42. The summed E-state index contributed by atoms with van der Waals surface area (Å²) in [7, 11) is 0. The number of rotatable bonds is 14. The molecule has 0 bridgehead atoms. The second-order valence-corrected chi connectivity index (χ2v) is 8.90. The van der Waals surface area contributed by atoms with Gasteiger partial charge in [-0.3, -0.25) is 19.9 Å². The van der Waals surface area contributed by atoms with Crippen LogP contribution in [0.3, 0.4) is 0 Å². The van der Waals surface area contributed by atoms with E-state index in [-0.39, 0.29) is 24.5 Å². The van der Waals surface area contributed by atoms with Crippen LogP contribution in [-0.2, 0) is 19.3 Å². The Bertz CT molecular complexity index is 522. The van der Waals surface area contributed by atoms with Gasteiger partial charge in [0.15, 0.2) is 0 Å². The second kappa shape index (κ2) is 13.7. The molecule has 0 aliphatic carbocycles. The van der Waals surface area contributed by atoms with Gasteiger partial charge >= 0.3 is 0 Å². The van der Waals surface area contributed by atoms with E-state index < -0.39 is 11.6 Å². The van der Waals surface area contributed by atoms with Crippen LogP contribution in [0.1, 0.15) is 67.2 Å². The molecule has 0 aromatic carbocycles. The molecule has 0 fully saturated rings. The van der Waals surface area contributed by atoms with E-state index in [1.54, 1.807) is 0 Å². The molecular formula is C20H40N4O5. The third-order valence-corrected chi connectivity index (χ3v) is 3.53. The van der Waals surface area contributed by atoms with Crippen molar-refractivity contribution in [1.29, 1.82) is 0 Å². The van der Waals surface area contributed by atoms with E-state index in [1.807, 2.05) is 52.5 Å². The number of nitrogens with one attached hydrogen (secondary N) is 2. The number of nitrogens with zero attached hydrogens (tertiary/aromatic N) is 1. The molecule has 0 aromatic heterocycles. The Morgan fingerprint density at radius 2 is 1.79 bits per heavy atom. The lowest BCUT2D eigenvalue weighted by molar-refractivity contribution is -0.228. The van der Waals surface area contributed by atoms with E-state index in [2.05, 4.69) is 10.8 Å². The molecule has 0 aliphatic heterocycles. The summed E-state index contributed by atoms with van der Waals surface area (Å²) in [6.45, 7) is 13.0. The van der Waals surface area contributed by atoms with E-state index in [0.29, 0.717) is 31.8 Å². The molecule has 9 nitrogen and oxygen atoms in total. The first-order chi connectivity index (χ1) is 13.4. The molecule has 0 spiro atoms. The quantitative estimate of drug-likeness (QED) is 0.188. The van der Waals surface area contributed by atoms with Crippen molar-refractivity contribution >= 4 is 11.8 Å². The van der Waals surface area contributed by atoms with Crippen LogP contribution in [-0.4, -0.2) is 65.5 Å². The number of amides is 1. The Morgan fingerprint density at radius 1 is 1.14 bits per heavy atom. The molecular weight excluding hydrogens is 376 g/mol. The fraction of sp³-hybridized carbons (Fsp3) is 0.850. The van der Waals surface area contributed by atoms with Crippen LogP contribution < -0.4 is 16.5 Å². The highest BCUT2D eigenvalue weighted by Crippen LogP contribution is 2.13. The van der Waals surface area contributed by atoms with Crippen molar-refractivity contribution in [3.05, 3.63) is 5.70 Å². The lowest BCUT2D eigenvalue weighted by Crippen LogP contribution is -2.41. The van der Waals surface area contributed by atoms with Gasteiger partial charge in [0.1, 0.15) is 11.6 Å². The number of hydrogen-bond acceptors (Lipinski definition) is 8. The van der Waals surface area contributed by atoms with Gasteiger partial charge in [0.25, 0.3) is 0 Å². The number of nitrogens with two attached hydrogens (primary N) is 1. The zero-order valence-corrected chi connectivity index (χ0v) is 18.8. The van der Waals surface area contributed by atoms with Gasteiger partial charge in [0.2, 0.25) is 5.91 Å². The lowest BCUT2D eigenvalue weighted by Gasteiger charge is -2.30. The summed E-state index contributed by atoms with van der Waals surface area (Å²) >= 11 is 0. The fourth-order valence-electron chi connectivity index (χ4n) is 2.19. The smallest absolute Gasteiger partial charge is 0.237 e. The normalized spacial score (nSPS) is 13.1. The van der Waals surface area contributed by atoms with Crippen molar-refractivity contribution in [1.82, 2.24) is 15.9 Å². The highest BCUT2D eigenvalue weighted by Gasteiger charge is 2.18. The first-order valence-electron chi connectivity index (χ1n) is 10.1. The highest BCUT2D eigenvalue weighted by molar-refractivity contribution is 5.81. The molecule has 170 valence electrons. The molecule has 0 rings (SSSR count). The molecule has 0 aliphatic rings. The van der Waals surface area contributed by atoms with Crippen molar-refractivity contribution in [2.75, 3.05) is 26.2 Å². The van der Waals surface area contributed by atoms with Gasteiger partial charge in [-0.05, 0) is 60.8 Å². The third kappa shape index (κ3) is 16.0. The monoisotopic (exact) mass is 416 g/mol. The van der Waals surface area contributed by atoms with Crippen LogP contribution in [0.25, 0.3) is 0 Å². The molecule has 1 atom stereocenters. The number of carbonyl (C=O) groups excluding carboxylic acids is 2. The standard InChI is InChI=1S/C20H40N4O5/c1-19(2,3)28-23-16(15-26)9-13-24(29-20(4,5)6)12-8-7-11-22-18(27)17(21)10-14-25/h17,23,25H,7-14,21H2,1-6H3,(H,22,27). The van der Waals surface area contributed by atoms with E-state index >= 15 is 0 Å². The van der Waals surface area contributed by atoms with Crippen molar-refractivity contribution in [2.45, 2.75) is 84.5 Å². The zero-order valence-electron chi connectivity index (χ0n) is 18.8. The van der Waals surface area contributed by atoms with Gasteiger partial charge in [0.05, 0.1) is 17.2 Å². The van der Waals surface area contributed by atoms with Crippen LogP contribution in [0.4, 0.5) is 0 Å². The third-order valence-electron chi connectivity index (χ3n) is 3.53. The molecule has 29 heavy (non-hydrogen) atoms. The van der Waals surface area contributed by atoms with Crippen molar-refractivity contribution < 1.29 is 24.4 Å². The average Bonchev–Trinajstić information content (AvgIpc) is 2.59. The first kappa shape index (κ1) is 27.5. The maximum atomic E-state index is 11.7. The Labute approximate surface area is 174 Å². The number of aliphatic hydroxyl groups excluding tert-OH is 1. The minimum atomic E-state index is -0.683. The van der Waals surface area contributed by atoms with E-state index in [1.165, 1.54) is 0 Å². The van der Waals surface area contributed by atoms with Gasteiger partial charge in [0, 0.05) is 32.7 Å². The number of hydroxylamine groups is 3. The molecule has 0 aromatic rings. The van der Waals surface area contributed by atoms with Crippen LogP contribution in [0.5, 0.6) is 0 Å². The second-order valence-electron chi connectivity index (χ2n) is 8.90. The number of carbonyl (C=O) groups is 1.